The van der Waals surface area contributed by atoms with Crippen molar-refractivity contribution < 1.29 is 9.53 Å². The number of ether oxygens (including phenoxy) is 1. The highest BCUT2D eigenvalue weighted by Gasteiger charge is 2.31. The Balaban J connectivity index is 0.00000392. The molecule has 0 atom stereocenters. The number of hydrogen-bond donors (Lipinski definition) is 2. The third-order valence-corrected chi connectivity index (χ3v) is 6.34. The first-order chi connectivity index (χ1) is 13.0. The van der Waals surface area contributed by atoms with Crippen LogP contribution in [0.4, 0.5) is 0 Å². The molecule has 0 radical (unpaired) electrons. The molecule has 0 unspecified atom stereocenters. The van der Waals surface area contributed by atoms with Gasteiger partial charge in [-0.05, 0) is 43.2 Å². The molecular formula is C20H33IN4O2S. The number of benzene rings is 1. The lowest BCUT2D eigenvalue weighted by Crippen LogP contribution is -2.48. The monoisotopic (exact) mass is 520 g/mol. The number of carbonyl (C=O) groups is 1. The maximum absolute atomic E-state index is 12.1. The Hall–Kier alpha value is -1.00. The fourth-order valence-electron chi connectivity index (χ4n) is 3.11. The van der Waals surface area contributed by atoms with Crippen LogP contribution in [0.1, 0.15) is 28.8 Å². The molecule has 1 heterocycles. The normalized spacial score (nSPS) is 16.1. The van der Waals surface area contributed by atoms with Gasteiger partial charge in [0, 0.05) is 57.8 Å². The van der Waals surface area contributed by atoms with Crippen LogP contribution < -0.4 is 10.6 Å². The largest absolute Gasteiger partial charge is 0.381 e. The average Bonchev–Trinajstić information content (AvgIpc) is 2.70. The summed E-state index contributed by atoms with van der Waals surface area (Å²) in [5, 5.41) is 6.84. The SMILES string of the molecule is CN=C(NCCc1cccc(C(=O)N(C)C)c1)NCC1(SC)CCOCC1.I. The van der Waals surface area contributed by atoms with Crippen LogP contribution in [0.3, 0.4) is 0 Å². The van der Waals surface area contributed by atoms with Gasteiger partial charge in [0.15, 0.2) is 5.96 Å². The molecule has 1 aliphatic heterocycles. The molecule has 1 aromatic carbocycles. The summed E-state index contributed by atoms with van der Waals surface area (Å²) in [4.78, 5) is 18.0. The zero-order valence-corrected chi connectivity index (χ0v) is 20.4. The first-order valence-electron chi connectivity index (χ1n) is 9.38. The molecule has 1 fully saturated rings. The van der Waals surface area contributed by atoms with Gasteiger partial charge < -0.3 is 20.3 Å². The second kappa shape index (κ2) is 12.5. The minimum Gasteiger partial charge on any atom is -0.381 e. The summed E-state index contributed by atoms with van der Waals surface area (Å²) in [6.07, 6.45) is 5.12. The predicted octanol–water partition coefficient (Wildman–Crippen LogP) is 2.63. The van der Waals surface area contributed by atoms with Crippen molar-refractivity contribution in [3.63, 3.8) is 0 Å². The van der Waals surface area contributed by atoms with Crippen molar-refractivity contribution >= 4 is 47.6 Å². The number of carbonyl (C=O) groups excluding carboxylic acids is 1. The Labute approximate surface area is 190 Å². The van der Waals surface area contributed by atoms with Crippen molar-refractivity contribution in [1.82, 2.24) is 15.5 Å². The van der Waals surface area contributed by atoms with E-state index in [1.165, 1.54) is 0 Å². The molecule has 0 bridgehead atoms. The van der Waals surface area contributed by atoms with Gasteiger partial charge in [-0.1, -0.05) is 12.1 Å². The van der Waals surface area contributed by atoms with Crippen LogP contribution in [0.2, 0.25) is 0 Å². The van der Waals surface area contributed by atoms with E-state index in [2.05, 4.69) is 27.9 Å². The zero-order chi connectivity index (χ0) is 19.7. The fourth-order valence-corrected chi connectivity index (χ4v) is 3.90. The standard InChI is InChI=1S/C20H32N4O2S.HI/c1-21-19(23-15-20(27-4)9-12-26-13-10-20)22-11-8-16-6-5-7-17(14-16)18(25)24(2)3;/h5-7,14H,8-13,15H2,1-4H3,(H2,21,22,23);1H. The van der Waals surface area contributed by atoms with E-state index in [1.54, 1.807) is 26.0 Å². The Kier molecular flexibility index (Phi) is 11.2. The number of nitrogens with zero attached hydrogens (tertiary/aromatic N) is 2. The first-order valence-corrected chi connectivity index (χ1v) is 10.6. The van der Waals surface area contributed by atoms with Crippen molar-refractivity contribution in [2.24, 2.45) is 4.99 Å². The zero-order valence-electron chi connectivity index (χ0n) is 17.3. The van der Waals surface area contributed by atoms with Gasteiger partial charge in [-0.3, -0.25) is 9.79 Å². The van der Waals surface area contributed by atoms with Crippen molar-refractivity contribution in [1.29, 1.82) is 0 Å². The van der Waals surface area contributed by atoms with Crippen LogP contribution in [0.5, 0.6) is 0 Å². The van der Waals surface area contributed by atoms with Crippen LogP contribution in [-0.2, 0) is 11.2 Å². The minimum atomic E-state index is 0. The summed E-state index contributed by atoms with van der Waals surface area (Å²) in [5.41, 5.74) is 1.86. The maximum Gasteiger partial charge on any atom is 0.253 e. The lowest BCUT2D eigenvalue weighted by atomic mass is 9.99. The van der Waals surface area contributed by atoms with Crippen LogP contribution in [-0.4, -0.2) is 75.2 Å². The van der Waals surface area contributed by atoms with Gasteiger partial charge in [-0.2, -0.15) is 11.8 Å². The van der Waals surface area contributed by atoms with E-state index in [0.29, 0.717) is 0 Å². The number of hydrogen-bond acceptors (Lipinski definition) is 4. The lowest BCUT2D eigenvalue weighted by Gasteiger charge is -2.36. The van der Waals surface area contributed by atoms with Gasteiger partial charge in [0.2, 0.25) is 0 Å². The molecule has 1 aromatic rings. The highest BCUT2D eigenvalue weighted by atomic mass is 127. The van der Waals surface area contributed by atoms with E-state index in [1.807, 2.05) is 30.0 Å². The molecule has 1 amide bonds. The number of aliphatic imine (C=N–C) groups is 1. The van der Waals surface area contributed by atoms with Crippen molar-refractivity contribution in [2.45, 2.75) is 24.0 Å². The van der Waals surface area contributed by atoms with Crippen LogP contribution in [0.25, 0.3) is 0 Å². The van der Waals surface area contributed by atoms with Gasteiger partial charge in [-0.25, -0.2) is 0 Å². The third-order valence-electron chi connectivity index (χ3n) is 4.92. The molecule has 1 saturated heterocycles. The van der Waals surface area contributed by atoms with E-state index in [9.17, 15) is 4.79 Å². The quantitative estimate of drug-likeness (QED) is 0.329. The van der Waals surface area contributed by atoms with Crippen LogP contribution >= 0.6 is 35.7 Å². The molecule has 0 aromatic heterocycles. The van der Waals surface area contributed by atoms with Gasteiger partial charge in [0.05, 0.1) is 0 Å². The van der Waals surface area contributed by atoms with E-state index in [0.717, 1.165) is 62.7 Å². The topological polar surface area (TPSA) is 66.0 Å². The number of nitrogens with one attached hydrogen (secondary N) is 2. The number of guanidine groups is 1. The summed E-state index contributed by atoms with van der Waals surface area (Å²) < 4.78 is 5.72. The fraction of sp³-hybridized carbons (Fsp3) is 0.600. The Morgan fingerprint density at radius 1 is 1.29 bits per heavy atom. The van der Waals surface area contributed by atoms with Gasteiger partial charge in [-0.15, -0.1) is 24.0 Å². The van der Waals surface area contributed by atoms with Crippen molar-refractivity contribution in [3.8, 4) is 0 Å². The lowest BCUT2D eigenvalue weighted by molar-refractivity contribution is 0.0782. The van der Waals surface area contributed by atoms with E-state index in [4.69, 9.17) is 4.74 Å². The maximum atomic E-state index is 12.1. The van der Waals surface area contributed by atoms with E-state index >= 15 is 0 Å². The second-order valence-corrected chi connectivity index (χ2v) is 8.28. The highest BCUT2D eigenvalue weighted by Crippen LogP contribution is 2.32. The third kappa shape index (κ3) is 7.44. The smallest absolute Gasteiger partial charge is 0.253 e. The highest BCUT2D eigenvalue weighted by molar-refractivity contribution is 14.0. The van der Waals surface area contributed by atoms with Gasteiger partial charge in [0.25, 0.3) is 5.91 Å². The number of halogens is 1. The molecule has 2 N–H and O–H groups in total. The Morgan fingerprint density at radius 3 is 2.61 bits per heavy atom. The summed E-state index contributed by atoms with van der Waals surface area (Å²) in [5.74, 6) is 0.844. The molecule has 6 nitrogen and oxygen atoms in total. The van der Waals surface area contributed by atoms with Crippen molar-refractivity contribution in [2.75, 3.05) is 53.7 Å². The molecule has 0 aliphatic carbocycles. The van der Waals surface area contributed by atoms with Crippen molar-refractivity contribution in [3.05, 3.63) is 35.4 Å². The number of rotatable bonds is 7. The predicted molar refractivity (Wildman–Crippen MR) is 129 cm³/mol. The second-order valence-electron chi connectivity index (χ2n) is 7.00. The summed E-state index contributed by atoms with van der Waals surface area (Å²) in [7, 11) is 5.33. The van der Waals surface area contributed by atoms with Crippen LogP contribution in [0.15, 0.2) is 29.3 Å². The molecule has 1 aliphatic rings. The van der Waals surface area contributed by atoms with Crippen LogP contribution in [0, 0.1) is 0 Å². The summed E-state index contributed by atoms with van der Waals surface area (Å²) >= 11 is 1.91. The summed E-state index contributed by atoms with van der Waals surface area (Å²) in [6, 6.07) is 7.81. The molecular weight excluding hydrogens is 487 g/mol. The van der Waals surface area contributed by atoms with Gasteiger partial charge in [0.1, 0.15) is 0 Å². The molecule has 158 valence electrons. The minimum absolute atomic E-state index is 0. The molecule has 2 rings (SSSR count). The Morgan fingerprint density at radius 2 is 2.00 bits per heavy atom. The molecule has 8 heteroatoms. The Bertz CT molecular complexity index is 649. The van der Waals surface area contributed by atoms with E-state index in [-0.39, 0.29) is 34.6 Å². The van der Waals surface area contributed by atoms with E-state index < -0.39 is 0 Å². The molecule has 28 heavy (non-hydrogen) atoms. The summed E-state index contributed by atoms with van der Waals surface area (Å²) in [6.45, 7) is 3.30. The number of thioether (sulfide) groups is 1. The molecule has 0 spiro atoms. The average molecular weight is 520 g/mol. The molecule has 0 saturated carbocycles. The van der Waals surface area contributed by atoms with Gasteiger partial charge >= 0.3 is 0 Å². The first kappa shape index (κ1) is 25.0. The number of amides is 1.